The molecule has 0 bridgehead atoms. The number of thioether (sulfide) groups is 1. The van der Waals surface area contributed by atoms with Crippen LogP contribution >= 0.6 is 11.8 Å². The van der Waals surface area contributed by atoms with Crippen molar-refractivity contribution in [2.24, 2.45) is 5.92 Å². The Kier molecular flexibility index (Phi) is 3.45. The second kappa shape index (κ2) is 4.18. The third kappa shape index (κ3) is 2.16. The molecule has 1 aliphatic heterocycles. The summed E-state index contributed by atoms with van der Waals surface area (Å²) in [5.74, 6) is 1.97. The van der Waals surface area contributed by atoms with E-state index in [1.807, 2.05) is 11.8 Å². The van der Waals surface area contributed by atoms with Gasteiger partial charge in [0.15, 0.2) is 0 Å². The normalized spacial score (nSPS) is 29.8. The average Bonchev–Trinajstić information content (AvgIpc) is 2.04. The molecule has 0 aromatic rings. The zero-order valence-corrected chi connectivity index (χ0v) is 8.91. The smallest absolute Gasteiger partial charge is 0.0316 e. The topological polar surface area (TPSA) is 0 Å². The van der Waals surface area contributed by atoms with Crippen LogP contribution in [0.5, 0.6) is 0 Å². The lowest BCUT2D eigenvalue weighted by Gasteiger charge is -2.31. The molecule has 0 spiro atoms. The highest BCUT2D eigenvalue weighted by Gasteiger charge is 2.26. The van der Waals surface area contributed by atoms with Crippen LogP contribution in [0, 0.1) is 5.92 Å². The minimum atomic E-state index is 0.635. The number of hydrogen-bond donors (Lipinski definition) is 0. The molecular formula is C11H18S. The molecule has 0 saturated carbocycles. The fourth-order valence-electron chi connectivity index (χ4n) is 1.77. The number of rotatable bonds is 2. The maximum atomic E-state index is 4.06. The highest BCUT2D eigenvalue weighted by molar-refractivity contribution is 8.00. The Hall–Kier alpha value is -0.170. The number of hydrogen-bond acceptors (Lipinski definition) is 1. The molecule has 0 aliphatic carbocycles. The third-order valence-electron chi connectivity index (χ3n) is 2.44. The molecule has 1 heterocycles. The van der Waals surface area contributed by atoms with Gasteiger partial charge >= 0.3 is 0 Å². The first kappa shape index (κ1) is 9.91. The van der Waals surface area contributed by atoms with E-state index in [1.54, 1.807) is 0 Å². The van der Waals surface area contributed by atoms with Gasteiger partial charge in [-0.2, -0.15) is 11.8 Å². The van der Waals surface area contributed by atoms with Crippen LogP contribution in [-0.4, -0.2) is 11.0 Å². The molecule has 1 saturated heterocycles. The summed E-state index contributed by atoms with van der Waals surface area (Å²) in [6, 6.07) is 0. The molecule has 0 nitrogen and oxygen atoms in total. The molecule has 2 atom stereocenters. The van der Waals surface area contributed by atoms with Gasteiger partial charge in [0.05, 0.1) is 0 Å². The van der Waals surface area contributed by atoms with Crippen molar-refractivity contribution < 1.29 is 0 Å². The first-order valence-electron chi connectivity index (χ1n) is 4.55. The van der Waals surface area contributed by atoms with Crippen molar-refractivity contribution in [3.05, 3.63) is 24.3 Å². The van der Waals surface area contributed by atoms with Gasteiger partial charge in [0, 0.05) is 5.25 Å². The molecule has 0 N–H and O–H groups in total. The maximum absolute atomic E-state index is 4.06. The van der Waals surface area contributed by atoms with E-state index in [-0.39, 0.29) is 0 Å². The van der Waals surface area contributed by atoms with Crippen molar-refractivity contribution in [2.45, 2.75) is 31.9 Å². The summed E-state index contributed by atoms with van der Waals surface area (Å²) in [7, 11) is 0. The third-order valence-corrected chi connectivity index (χ3v) is 4.06. The molecule has 1 fully saturated rings. The van der Waals surface area contributed by atoms with Crippen molar-refractivity contribution >= 4 is 11.8 Å². The lowest BCUT2D eigenvalue weighted by molar-refractivity contribution is 0.544. The minimum Gasteiger partial charge on any atom is -0.154 e. The van der Waals surface area contributed by atoms with E-state index in [0.717, 1.165) is 0 Å². The molecular weight excluding hydrogens is 164 g/mol. The van der Waals surface area contributed by atoms with E-state index in [9.17, 15) is 0 Å². The van der Waals surface area contributed by atoms with Crippen molar-refractivity contribution in [3.8, 4) is 0 Å². The van der Waals surface area contributed by atoms with E-state index in [2.05, 4.69) is 27.0 Å². The predicted molar refractivity (Wildman–Crippen MR) is 58.6 cm³/mol. The largest absolute Gasteiger partial charge is 0.154 e. The van der Waals surface area contributed by atoms with Crippen LogP contribution in [0.2, 0.25) is 0 Å². The maximum Gasteiger partial charge on any atom is 0.0316 e. The van der Waals surface area contributed by atoms with Crippen LogP contribution in [0.15, 0.2) is 24.3 Å². The van der Waals surface area contributed by atoms with Crippen LogP contribution in [-0.2, 0) is 0 Å². The molecule has 0 aromatic carbocycles. The quantitative estimate of drug-likeness (QED) is 0.587. The highest BCUT2D eigenvalue weighted by Crippen LogP contribution is 2.37. The van der Waals surface area contributed by atoms with Gasteiger partial charge in [0.2, 0.25) is 0 Å². The summed E-state index contributed by atoms with van der Waals surface area (Å²) >= 11 is 2.05. The molecule has 1 rings (SSSR count). The lowest BCUT2D eigenvalue weighted by Crippen LogP contribution is -2.23. The second-order valence-corrected chi connectivity index (χ2v) is 4.98. The summed E-state index contributed by atoms with van der Waals surface area (Å²) in [5, 5.41) is 0.635. The first-order valence-corrected chi connectivity index (χ1v) is 5.60. The molecule has 0 aromatic heterocycles. The van der Waals surface area contributed by atoms with Gasteiger partial charge in [-0.25, -0.2) is 0 Å². The predicted octanol–water partition coefficient (Wildman–Crippen LogP) is 3.65. The van der Waals surface area contributed by atoms with Crippen LogP contribution in [0.25, 0.3) is 0 Å². The highest BCUT2D eigenvalue weighted by atomic mass is 32.2. The van der Waals surface area contributed by atoms with E-state index >= 15 is 0 Å². The first-order chi connectivity index (χ1) is 5.63. The molecule has 0 radical (unpaired) electrons. The van der Waals surface area contributed by atoms with Gasteiger partial charge < -0.3 is 0 Å². The Balaban J connectivity index is 2.67. The molecule has 12 heavy (non-hydrogen) atoms. The fourth-order valence-corrected chi connectivity index (χ4v) is 3.24. The molecule has 68 valence electrons. The monoisotopic (exact) mass is 182 g/mol. The summed E-state index contributed by atoms with van der Waals surface area (Å²) in [4.78, 5) is 0. The van der Waals surface area contributed by atoms with Gasteiger partial charge in [-0.15, -0.1) is 0 Å². The Morgan fingerprint density at radius 1 is 1.25 bits per heavy atom. The Morgan fingerprint density at radius 2 is 1.92 bits per heavy atom. The van der Waals surface area contributed by atoms with Crippen molar-refractivity contribution in [2.75, 3.05) is 5.75 Å². The van der Waals surface area contributed by atoms with Gasteiger partial charge in [-0.05, 0) is 38.4 Å². The number of allylic oxidation sites excluding steroid dienone is 1. The van der Waals surface area contributed by atoms with E-state index < -0.39 is 0 Å². The van der Waals surface area contributed by atoms with Gasteiger partial charge in [0.25, 0.3) is 0 Å². The van der Waals surface area contributed by atoms with E-state index in [0.29, 0.717) is 11.2 Å². The van der Waals surface area contributed by atoms with Crippen molar-refractivity contribution in [1.29, 1.82) is 0 Å². The van der Waals surface area contributed by atoms with Crippen LogP contribution < -0.4 is 0 Å². The molecule has 0 amide bonds. The Morgan fingerprint density at radius 3 is 2.33 bits per heavy atom. The summed E-state index contributed by atoms with van der Waals surface area (Å²) in [6.45, 7) is 12.4. The SMILES string of the molecule is C=C(C)C1CCCSC1C(=C)C. The van der Waals surface area contributed by atoms with E-state index in [1.165, 1.54) is 29.7 Å². The average molecular weight is 182 g/mol. The van der Waals surface area contributed by atoms with E-state index in [4.69, 9.17) is 0 Å². The van der Waals surface area contributed by atoms with Crippen LogP contribution in [0.1, 0.15) is 26.7 Å². The zero-order valence-electron chi connectivity index (χ0n) is 8.10. The Bertz CT molecular complexity index is 171. The van der Waals surface area contributed by atoms with Crippen molar-refractivity contribution in [1.82, 2.24) is 0 Å². The summed E-state index contributed by atoms with van der Waals surface area (Å²) in [5.41, 5.74) is 2.64. The van der Waals surface area contributed by atoms with Crippen LogP contribution in [0.3, 0.4) is 0 Å². The van der Waals surface area contributed by atoms with Crippen LogP contribution in [0.4, 0.5) is 0 Å². The summed E-state index contributed by atoms with van der Waals surface area (Å²) in [6.07, 6.45) is 2.64. The summed E-state index contributed by atoms with van der Waals surface area (Å²) < 4.78 is 0. The van der Waals surface area contributed by atoms with Gasteiger partial charge in [-0.3, -0.25) is 0 Å². The fraction of sp³-hybridized carbons (Fsp3) is 0.636. The van der Waals surface area contributed by atoms with Gasteiger partial charge in [-0.1, -0.05) is 24.3 Å². The molecule has 2 unspecified atom stereocenters. The standard InChI is InChI=1S/C11H18S/c1-8(2)10-6-5-7-12-11(10)9(3)4/h10-11H,1,3,5-7H2,2,4H3. The van der Waals surface area contributed by atoms with Gasteiger partial charge in [0.1, 0.15) is 0 Å². The Labute approximate surface area is 80.1 Å². The lowest BCUT2D eigenvalue weighted by atomic mass is 9.89. The second-order valence-electron chi connectivity index (χ2n) is 3.73. The van der Waals surface area contributed by atoms with Crippen molar-refractivity contribution in [3.63, 3.8) is 0 Å². The minimum absolute atomic E-state index is 0.635. The molecule has 1 aliphatic rings. The zero-order chi connectivity index (χ0) is 9.14. The molecule has 1 heteroatoms.